The van der Waals surface area contributed by atoms with E-state index < -0.39 is 0 Å². The molecular formula is C19H25Cl3N2O. The Kier molecular flexibility index (Phi) is 5.89. The molecule has 2 N–H and O–H groups in total. The lowest BCUT2D eigenvalue weighted by Crippen LogP contribution is -2.50. The van der Waals surface area contributed by atoms with Crippen molar-refractivity contribution in [1.82, 2.24) is 4.90 Å². The van der Waals surface area contributed by atoms with Crippen molar-refractivity contribution in [2.75, 3.05) is 6.54 Å². The summed E-state index contributed by atoms with van der Waals surface area (Å²) < 4.78 is 0. The minimum absolute atomic E-state index is 0. The van der Waals surface area contributed by atoms with Gasteiger partial charge in [-0.2, -0.15) is 0 Å². The molecule has 2 atom stereocenters. The highest BCUT2D eigenvalue weighted by Crippen LogP contribution is 2.43. The van der Waals surface area contributed by atoms with Crippen molar-refractivity contribution < 1.29 is 4.79 Å². The first-order valence-corrected chi connectivity index (χ1v) is 9.79. The number of carbonyl (C=O) groups is 1. The molecule has 1 aliphatic heterocycles. The lowest BCUT2D eigenvalue weighted by Gasteiger charge is -2.45. The molecule has 2 saturated carbocycles. The van der Waals surface area contributed by atoms with Gasteiger partial charge in [-0.1, -0.05) is 29.6 Å². The van der Waals surface area contributed by atoms with Crippen molar-refractivity contribution in [2.45, 2.75) is 51.1 Å². The van der Waals surface area contributed by atoms with Gasteiger partial charge in [-0.25, -0.2) is 0 Å². The molecule has 3 nitrogen and oxygen atoms in total. The second kappa shape index (κ2) is 7.64. The summed E-state index contributed by atoms with van der Waals surface area (Å²) in [7, 11) is 0. The molecular weight excluding hydrogens is 379 g/mol. The fourth-order valence-electron chi connectivity index (χ4n) is 5.02. The predicted molar refractivity (Wildman–Crippen MR) is 104 cm³/mol. The summed E-state index contributed by atoms with van der Waals surface area (Å²) in [4.78, 5) is 15.1. The van der Waals surface area contributed by atoms with E-state index in [1.165, 1.54) is 24.8 Å². The first-order valence-electron chi connectivity index (χ1n) is 9.04. The highest BCUT2D eigenvalue weighted by Gasteiger charge is 2.42. The van der Waals surface area contributed by atoms with Gasteiger partial charge in [0.15, 0.2) is 0 Å². The SMILES string of the molecule is Cl.NC1C2CCCC1CC(C(=O)N1CCc3cc(Cl)cc(Cl)c3C1)C2. The van der Waals surface area contributed by atoms with Gasteiger partial charge in [0.05, 0.1) is 0 Å². The van der Waals surface area contributed by atoms with Crippen LogP contribution >= 0.6 is 35.6 Å². The molecule has 138 valence electrons. The number of benzene rings is 1. The van der Waals surface area contributed by atoms with Crippen molar-refractivity contribution >= 4 is 41.5 Å². The van der Waals surface area contributed by atoms with E-state index in [1.54, 1.807) is 6.07 Å². The summed E-state index contributed by atoms with van der Waals surface area (Å²) in [6.07, 6.45) is 6.42. The molecule has 2 aliphatic carbocycles. The molecule has 4 rings (SSSR count). The Bertz CT molecular complexity index is 652. The van der Waals surface area contributed by atoms with Gasteiger partial charge in [-0.3, -0.25) is 4.79 Å². The molecule has 1 aromatic rings. The molecule has 1 amide bonds. The smallest absolute Gasteiger partial charge is 0.226 e. The first kappa shape index (κ1) is 19.3. The average molecular weight is 404 g/mol. The van der Waals surface area contributed by atoms with Crippen molar-refractivity contribution in [3.8, 4) is 0 Å². The van der Waals surface area contributed by atoms with Gasteiger partial charge in [0.25, 0.3) is 0 Å². The average Bonchev–Trinajstić information content (AvgIpc) is 2.53. The van der Waals surface area contributed by atoms with Crippen LogP contribution in [0.25, 0.3) is 0 Å². The summed E-state index contributed by atoms with van der Waals surface area (Å²) >= 11 is 12.5. The van der Waals surface area contributed by atoms with Crippen LogP contribution in [0.1, 0.15) is 43.2 Å². The van der Waals surface area contributed by atoms with Gasteiger partial charge in [0.1, 0.15) is 0 Å². The van der Waals surface area contributed by atoms with Crippen LogP contribution in [-0.4, -0.2) is 23.4 Å². The molecule has 0 radical (unpaired) electrons. The van der Waals surface area contributed by atoms with Gasteiger partial charge >= 0.3 is 0 Å². The third-order valence-electron chi connectivity index (χ3n) is 6.33. The maximum atomic E-state index is 13.1. The zero-order valence-corrected chi connectivity index (χ0v) is 16.5. The van der Waals surface area contributed by atoms with Gasteiger partial charge in [-0.15, -0.1) is 12.4 Å². The number of hydrogen-bond donors (Lipinski definition) is 1. The Balaban J connectivity index is 0.00000182. The molecule has 2 bridgehead atoms. The standard InChI is InChI=1S/C19H24Cl2N2O.ClH/c20-15-8-11-4-5-23(10-16(11)17(21)9-15)19(24)14-6-12-2-1-3-13(7-14)18(12)22;/h8-9,12-14,18H,1-7,10,22H2;1H. The maximum Gasteiger partial charge on any atom is 0.226 e. The first-order chi connectivity index (χ1) is 11.5. The monoisotopic (exact) mass is 402 g/mol. The summed E-state index contributed by atoms with van der Waals surface area (Å²) in [5.74, 6) is 1.51. The fourth-order valence-corrected chi connectivity index (χ4v) is 5.61. The Hall–Kier alpha value is -0.480. The molecule has 3 aliphatic rings. The van der Waals surface area contributed by atoms with Crippen molar-refractivity contribution in [3.05, 3.63) is 33.3 Å². The van der Waals surface area contributed by atoms with Crippen LogP contribution < -0.4 is 5.73 Å². The molecule has 0 saturated heterocycles. The number of rotatable bonds is 1. The zero-order valence-electron chi connectivity index (χ0n) is 14.2. The van der Waals surface area contributed by atoms with Gasteiger partial charge in [-0.05, 0) is 67.2 Å². The Labute approximate surface area is 165 Å². The van der Waals surface area contributed by atoms with Crippen LogP contribution in [0.3, 0.4) is 0 Å². The van der Waals surface area contributed by atoms with Gasteiger partial charge < -0.3 is 10.6 Å². The summed E-state index contributed by atoms with van der Waals surface area (Å²) in [6.45, 7) is 1.38. The number of nitrogens with zero attached hydrogens (tertiary/aromatic N) is 1. The Morgan fingerprint density at radius 2 is 1.84 bits per heavy atom. The van der Waals surface area contributed by atoms with Crippen molar-refractivity contribution in [3.63, 3.8) is 0 Å². The lowest BCUT2D eigenvalue weighted by molar-refractivity contribution is -0.139. The zero-order chi connectivity index (χ0) is 16.8. The number of fused-ring (bicyclic) bond motifs is 3. The fraction of sp³-hybridized carbons (Fsp3) is 0.632. The third kappa shape index (κ3) is 3.66. The molecule has 6 heteroatoms. The van der Waals surface area contributed by atoms with E-state index >= 15 is 0 Å². The minimum atomic E-state index is 0. The number of hydrogen-bond acceptors (Lipinski definition) is 2. The van der Waals surface area contributed by atoms with Crippen LogP contribution in [0.2, 0.25) is 10.0 Å². The van der Waals surface area contributed by atoms with E-state index in [-0.39, 0.29) is 18.3 Å². The highest BCUT2D eigenvalue weighted by atomic mass is 35.5. The molecule has 25 heavy (non-hydrogen) atoms. The van der Waals surface area contributed by atoms with E-state index in [0.29, 0.717) is 40.4 Å². The second-order valence-corrected chi connectivity index (χ2v) is 8.58. The summed E-state index contributed by atoms with van der Waals surface area (Å²) in [5, 5.41) is 1.35. The van der Waals surface area contributed by atoms with Crippen LogP contribution in [-0.2, 0) is 17.8 Å². The molecule has 1 heterocycles. The topological polar surface area (TPSA) is 46.3 Å². The Morgan fingerprint density at radius 1 is 1.16 bits per heavy atom. The van der Waals surface area contributed by atoms with E-state index in [2.05, 4.69) is 0 Å². The van der Waals surface area contributed by atoms with Gasteiger partial charge in [0.2, 0.25) is 5.91 Å². The van der Waals surface area contributed by atoms with Crippen LogP contribution in [0.4, 0.5) is 0 Å². The Morgan fingerprint density at radius 3 is 2.52 bits per heavy atom. The number of halogens is 3. The minimum Gasteiger partial charge on any atom is -0.338 e. The summed E-state index contributed by atoms with van der Waals surface area (Å²) in [6, 6.07) is 4.07. The van der Waals surface area contributed by atoms with Crippen molar-refractivity contribution in [2.24, 2.45) is 23.5 Å². The lowest BCUT2D eigenvalue weighted by atomic mass is 9.65. The molecule has 2 unspecified atom stereocenters. The largest absolute Gasteiger partial charge is 0.338 e. The molecule has 2 fully saturated rings. The van der Waals surface area contributed by atoms with Crippen molar-refractivity contribution in [1.29, 1.82) is 0 Å². The van der Waals surface area contributed by atoms with Crippen LogP contribution in [0.15, 0.2) is 12.1 Å². The number of nitrogens with two attached hydrogens (primary N) is 1. The molecule has 0 aromatic heterocycles. The molecule has 1 aromatic carbocycles. The third-order valence-corrected chi connectivity index (χ3v) is 6.88. The van der Waals surface area contributed by atoms with E-state index in [1.807, 2.05) is 11.0 Å². The number of amides is 1. The predicted octanol–water partition coefficient (Wildman–Crippen LogP) is 4.45. The van der Waals surface area contributed by atoms with Gasteiger partial charge in [0, 0.05) is 35.1 Å². The normalized spacial score (nSPS) is 31.1. The molecule has 0 spiro atoms. The van der Waals surface area contributed by atoms with Crippen LogP contribution in [0.5, 0.6) is 0 Å². The quantitative estimate of drug-likeness (QED) is 0.753. The van der Waals surface area contributed by atoms with E-state index in [9.17, 15) is 4.79 Å². The van der Waals surface area contributed by atoms with E-state index in [4.69, 9.17) is 28.9 Å². The second-order valence-electron chi connectivity index (χ2n) is 7.73. The van der Waals surface area contributed by atoms with E-state index in [0.717, 1.165) is 31.4 Å². The highest BCUT2D eigenvalue weighted by molar-refractivity contribution is 6.35. The van der Waals surface area contributed by atoms with Crippen LogP contribution in [0, 0.1) is 17.8 Å². The maximum absolute atomic E-state index is 13.1. The summed E-state index contributed by atoms with van der Waals surface area (Å²) in [5.41, 5.74) is 8.61. The number of carbonyl (C=O) groups excluding carboxylic acids is 1.